The summed E-state index contributed by atoms with van der Waals surface area (Å²) in [7, 11) is 1.47. The number of hydrogen-bond acceptors (Lipinski definition) is 4. The van der Waals surface area contributed by atoms with E-state index in [1.54, 1.807) is 6.07 Å². The first kappa shape index (κ1) is 14.3. The SMILES string of the molecule is CCCOCCOc1ccc(C(=O)O)cc1OC. The second-order valence-electron chi connectivity index (χ2n) is 3.63. The number of methoxy groups -OCH3 is 1. The van der Waals surface area contributed by atoms with Crippen LogP contribution in [-0.2, 0) is 4.74 Å². The van der Waals surface area contributed by atoms with Crippen molar-refractivity contribution in [3.8, 4) is 11.5 Å². The third-order valence-corrected chi connectivity index (χ3v) is 2.24. The first-order valence-corrected chi connectivity index (χ1v) is 5.81. The van der Waals surface area contributed by atoms with Crippen molar-refractivity contribution < 1.29 is 24.1 Å². The number of carboxylic acids is 1. The predicted octanol–water partition coefficient (Wildman–Crippen LogP) is 2.20. The molecule has 18 heavy (non-hydrogen) atoms. The van der Waals surface area contributed by atoms with Crippen molar-refractivity contribution in [3.63, 3.8) is 0 Å². The fourth-order valence-electron chi connectivity index (χ4n) is 1.38. The van der Waals surface area contributed by atoms with Crippen LogP contribution in [0.2, 0.25) is 0 Å². The number of hydrogen-bond donors (Lipinski definition) is 1. The minimum absolute atomic E-state index is 0.168. The molecule has 5 nitrogen and oxygen atoms in total. The zero-order chi connectivity index (χ0) is 13.4. The monoisotopic (exact) mass is 254 g/mol. The third-order valence-electron chi connectivity index (χ3n) is 2.24. The standard InChI is InChI=1S/C13H18O5/c1-3-6-17-7-8-18-11-5-4-10(13(14)15)9-12(11)16-2/h4-5,9H,3,6-8H2,1-2H3,(H,14,15). The van der Waals surface area contributed by atoms with E-state index >= 15 is 0 Å². The van der Waals surface area contributed by atoms with E-state index in [0.717, 1.165) is 6.42 Å². The average Bonchev–Trinajstić information content (AvgIpc) is 2.38. The molecule has 0 atom stereocenters. The van der Waals surface area contributed by atoms with Crippen LogP contribution in [0.5, 0.6) is 11.5 Å². The zero-order valence-corrected chi connectivity index (χ0v) is 10.6. The van der Waals surface area contributed by atoms with E-state index in [1.165, 1.54) is 19.2 Å². The number of ether oxygens (including phenoxy) is 3. The maximum absolute atomic E-state index is 10.8. The molecule has 0 heterocycles. The van der Waals surface area contributed by atoms with Gasteiger partial charge in [0.2, 0.25) is 0 Å². The van der Waals surface area contributed by atoms with Gasteiger partial charge in [0.1, 0.15) is 6.61 Å². The van der Waals surface area contributed by atoms with Gasteiger partial charge in [-0.25, -0.2) is 4.79 Å². The van der Waals surface area contributed by atoms with Crippen LogP contribution >= 0.6 is 0 Å². The molecule has 0 bridgehead atoms. The Hall–Kier alpha value is -1.75. The van der Waals surface area contributed by atoms with Gasteiger partial charge >= 0.3 is 5.97 Å². The molecule has 0 aliphatic heterocycles. The van der Waals surface area contributed by atoms with Crippen molar-refractivity contribution >= 4 is 5.97 Å². The third kappa shape index (κ3) is 4.25. The van der Waals surface area contributed by atoms with E-state index < -0.39 is 5.97 Å². The molecule has 0 fully saturated rings. The highest BCUT2D eigenvalue weighted by Gasteiger charge is 2.09. The molecule has 5 heteroatoms. The molecule has 0 amide bonds. The van der Waals surface area contributed by atoms with Gasteiger partial charge in [-0.2, -0.15) is 0 Å². The first-order chi connectivity index (χ1) is 8.69. The molecule has 1 aromatic carbocycles. The van der Waals surface area contributed by atoms with Crippen molar-refractivity contribution in [2.24, 2.45) is 0 Å². The van der Waals surface area contributed by atoms with Gasteiger partial charge in [0.15, 0.2) is 11.5 Å². The molecule has 0 aliphatic carbocycles. The highest BCUT2D eigenvalue weighted by atomic mass is 16.5. The van der Waals surface area contributed by atoms with E-state index in [9.17, 15) is 4.79 Å². The number of rotatable bonds is 8. The molecular formula is C13H18O5. The van der Waals surface area contributed by atoms with Crippen LogP contribution in [0.4, 0.5) is 0 Å². The summed E-state index contributed by atoms with van der Waals surface area (Å²) in [4.78, 5) is 10.8. The lowest BCUT2D eigenvalue weighted by molar-refractivity contribution is 0.0696. The van der Waals surface area contributed by atoms with E-state index in [4.69, 9.17) is 19.3 Å². The molecule has 1 rings (SSSR count). The molecule has 1 N–H and O–H groups in total. The van der Waals surface area contributed by atoms with E-state index in [-0.39, 0.29) is 5.56 Å². The number of benzene rings is 1. The van der Waals surface area contributed by atoms with Gasteiger partial charge in [-0.3, -0.25) is 0 Å². The van der Waals surface area contributed by atoms with Crippen LogP contribution < -0.4 is 9.47 Å². The van der Waals surface area contributed by atoms with Crippen molar-refractivity contribution in [2.45, 2.75) is 13.3 Å². The molecule has 0 aliphatic rings. The topological polar surface area (TPSA) is 65.0 Å². The molecule has 0 radical (unpaired) electrons. The van der Waals surface area contributed by atoms with Crippen LogP contribution in [0.25, 0.3) is 0 Å². The molecule has 0 spiro atoms. The second-order valence-corrected chi connectivity index (χ2v) is 3.63. The average molecular weight is 254 g/mol. The zero-order valence-electron chi connectivity index (χ0n) is 10.6. The smallest absolute Gasteiger partial charge is 0.335 e. The summed E-state index contributed by atoms with van der Waals surface area (Å²) in [6.07, 6.45) is 0.969. The van der Waals surface area contributed by atoms with Crippen molar-refractivity contribution in [3.05, 3.63) is 23.8 Å². The Balaban J connectivity index is 2.57. The number of aromatic carboxylic acids is 1. The summed E-state index contributed by atoms with van der Waals surface area (Å²) >= 11 is 0. The highest BCUT2D eigenvalue weighted by Crippen LogP contribution is 2.27. The quantitative estimate of drug-likeness (QED) is 0.720. The Morgan fingerprint density at radius 1 is 1.22 bits per heavy atom. The molecule has 100 valence electrons. The van der Waals surface area contributed by atoms with Gasteiger partial charge in [-0.1, -0.05) is 6.92 Å². The van der Waals surface area contributed by atoms with Gasteiger partial charge in [0.05, 0.1) is 19.3 Å². The lowest BCUT2D eigenvalue weighted by Gasteiger charge is -2.11. The fraction of sp³-hybridized carbons (Fsp3) is 0.462. The first-order valence-electron chi connectivity index (χ1n) is 5.81. The summed E-state index contributed by atoms with van der Waals surface area (Å²) in [6, 6.07) is 4.50. The van der Waals surface area contributed by atoms with Crippen molar-refractivity contribution in [1.29, 1.82) is 0 Å². The van der Waals surface area contributed by atoms with Gasteiger partial charge < -0.3 is 19.3 Å². The molecule has 0 unspecified atom stereocenters. The summed E-state index contributed by atoms with van der Waals surface area (Å²) < 4.78 is 15.8. The van der Waals surface area contributed by atoms with Crippen molar-refractivity contribution in [2.75, 3.05) is 26.9 Å². The normalized spacial score (nSPS) is 10.1. The largest absolute Gasteiger partial charge is 0.493 e. The Labute approximate surface area is 106 Å². The minimum Gasteiger partial charge on any atom is -0.493 e. The van der Waals surface area contributed by atoms with Gasteiger partial charge in [0.25, 0.3) is 0 Å². The number of carbonyl (C=O) groups is 1. The Bertz CT molecular complexity index is 389. The Morgan fingerprint density at radius 2 is 2.00 bits per heavy atom. The molecule has 1 aromatic rings. The van der Waals surface area contributed by atoms with E-state index in [2.05, 4.69) is 0 Å². The molecular weight excluding hydrogens is 236 g/mol. The molecule has 0 saturated carbocycles. The summed E-state index contributed by atoms with van der Waals surface area (Å²) in [6.45, 7) is 3.65. The minimum atomic E-state index is -0.994. The Kier molecular flexibility index (Phi) is 6.00. The van der Waals surface area contributed by atoms with Gasteiger partial charge in [0, 0.05) is 6.61 Å². The van der Waals surface area contributed by atoms with Crippen LogP contribution in [0, 0.1) is 0 Å². The van der Waals surface area contributed by atoms with Crippen LogP contribution in [-0.4, -0.2) is 38.0 Å². The lowest BCUT2D eigenvalue weighted by atomic mass is 10.2. The summed E-state index contributed by atoms with van der Waals surface area (Å²) in [5, 5.41) is 8.85. The summed E-state index contributed by atoms with van der Waals surface area (Å²) in [5.41, 5.74) is 0.168. The maximum Gasteiger partial charge on any atom is 0.335 e. The molecule has 0 saturated heterocycles. The Morgan fingerprint density at radius 3 is 2.61 bits per heavy atom. The van der Waals surface area contributed by atoms with E-state index in [1.807, 2.05) is 6.92 Å². The predicted molar refractivity (Wildman–Crippen MR) is 66.6 cm³/mol. The van der Waals surface area contributed by atoms with Gasteiger partial charge in [-0.15, -0.1) is 0 Å². The van der Waals surface area contributed by atoms with E-state index in [0.29, 0.717) is 31.3 Å². The van der Waals surface area contributed by atoms with Gasteiger partial charge in [-0.05, 0) is 24.6 Å². The van der Waals surface area contributed by atoms with Crippen LogP contribution in [0.15, 0.2) is 18.2 Å². The molecule has 0 aromatic heterocycles. The lowest BCUT2D eigenvalue weighted by Crippen LogP contribution is -2.08. The van der Waals surface area contributed by atoms with Crippen LogP contribution in [0.1, 0.15) is 23.7 Å². The number of carboxylic acid groups (broad SMARTS) is 1. The van der Waals surface area contributed by atoms with Crippen LogP contribution in [0.3, 0.4) is 0 Å². The maximum atomic E-state index is 10.8. The summed E-state index contributed by atoms with van der Waals surface area (Å²) in [5.74, 6) is -0.0703. The fourth-order valence-corrected chi connectivity index (χ4v) is 1.38. The second kappa shape index (κ2) is 7.55. The van der Waals surface area contributed by atoms with Crippen molar-refractivity contribution in [1.82, 2.24) is 0 Å². The highest BCUT2D eigenvalue weighted by molar-refractivity contribution is 5.88.